The van der Waals surface area contributed by atoms with Gasteiger partial charge in [0.15, 0.2) is 17.3 Å². The molecule has 4 aromatic rings. The van der Waals surface area contributed by atoms with Crippen LogP contribution >= 0.6 is 0 Å². The number of benzene rings is 3. The van der Waals surface area contributed by atoms with Crippen molar-refractivity contribution < 1.29 is 23.4 Å². The Kier molecular flexibility index (Phi) is 5.12. The Morgan fingerprint density at radius 1 is 1.03 bits per heavy atom. The fraction of sp³-hybridized carbons (Fsp3) is 0.160. The van der Waals surface area contributed by atoms with Crippen molar-refractivity contribution >= 4 is 16.8 Å². The molecule has 6 nitrogen and oxygen atoms in total. The number of phenols is 1. The Hall–Kier alpha value is -4.07. The molecular weight excluding hydrogens is 428 g/mol. The van der Waals surface area contributed by atoms with Gasteiger partial charge in [0.2, 0.25) is 0 Å². The van der Waals surface area contributed by atoms with E-state index in [1.165, 1.54) is 49.6 Å². The summed E-state index contributed by atoms with van der Waals surface area (Å²) in [5.74, 6) is -0.569. The molecule has 0 unspecified atom stereocenters. The van der Waals surface area contributed by atoms with E-state index in [1.54, 1.807) is 11.0 Å². The minimum absolute atomic E-state index is 0.0695. The number of amides is 1. The first-order valence-corrected chi connectivity index (χ1v) is 10.3. The number of phenolic OH excluding ortho intramolecular Hbond substituents is 1. The Morgan fingerprint density at radius 2 is 1.79 bits per heavy atom. The van der Waals surface area contributed by atoms with Crippen molar-refractivity contribution in [2.24, 2.45) is 0 Å². The van der Waals surface area contributed by atoms with Gasteiger partial charge in [-0.1, -0.05) is 6.07 Å². The summed E-state index contributed by atoms with van der Waals surface area (Å²) in [4.78, 5) is 24.1. The number of hydrogen-bond donors (Lipinski definition) is 1. The summed E-state index contributed by atoms with van der Waals surface area (Å²) in [6, 6.07) is 13.1. The monoisotopic (exact) mass is 447 g/mol. The van der Waals surface area contributed by atoms with Crippen LogP contribution in [0, 0.1) is 11.6 Å². The second-order valence-electron chi connectivity index (χ2n) is 7.79. The van der Waals surface area contributed by atoms with E-state index in [-0.39, 0.29) is 29.7 Å². The van der Waals surface area contributed by atoms with Crippen LogP contribution in [0.1, 0.15) is 21.6 Å². The van der Waals surface area contributed by atoms with Gasteiger partial charge < -0.3 is 14.7 Å². The van der Waals surface area contributed by atoms with E-state index < -0.39 is 11.6 Å². The Balaban J connectivity index is 1.57. The third-order valence-corrected chi connectivity index (χ3v) is 5.81. The van der Waals surface area contributed by atoms with Crippen LogP contribution < -0.4 is 4.74 Å². The van der Waals surface area contributed by atoms with E-state index in [0.717, 1.165) is 11.1 Å². The molecule has 3 aromatic carbocycles. The van der Waals surface area contributed by atoms with Crippen LogP contribution in [0.15, 0.2) is 54.6 Å². The number of ether oxygens (including phenoxy) is 1. The maximum atomic E-state index is 14.0. The van der Waals surface area contributed by atoms with Crippen molar-refractivity contribution in [1.29, 1.82) is 0 Å². The average molecular weight is 447 g/mol. The average Bonchev–Trinajstić information content (AvgIpc) is 2.83. The first kappa shape index (κ1) is 20.8. The number of rotatable bonds is 3. The molecule has 0 bridgehead atoms. The van der Waals surface area contributed by atoms with Gasteiger partial charge >= 0.3 is 0 Å². The largest absolute Gasteiger partial charge is 0.504 e. The topological polar surface area (TPSA) is 75.6 Å². The first-order valence-electron chi connectivity index (χ1n) is 10.3. The van der Waals surface area contributed by atoms with Crippen LogP contribution in [-0.4, -0.2) is 39.5 Å². The molecule has 0 saturated heterocycles. The van der Waals surface area contributed by atoms with E-state index >= 15 is 0 Å². The van der Waals surface area contributed by atoms with Crippen LogP contribution in [-0.2, 0) is 13.0 Å². The predicted octanol–water partition coefficient (Wildman–Crippen LogP) is 4.49. The number of halogens is 2. The smallest absolute Gasteiger partial charge is 0.273 e. The molecule has 166 valence electrons. The van der Waals surface area contributed by atoms with Gasteiger partial charge in [-0.3, -0.25) is 4.79 Å². The number of aromatic nitrogens is 2. The molecule has 1 aromatic heterocycles. The lowest BCUT2D eigenvalue weighted by Crippen LogP contribution is -2.36. The molecule has 1 N–H and O–H groups in total. The highest BCUT2D eigenvalue weighted by molar-refractivity contribution is 6.05. The first-order chi connectivity index (χ1) is 15.9. The van der Waals surface area contributed by atoms with Gasteiger partial charge in [-0.25, -0.2) is 18.7 Å². The van der Waals surface area contributed by atoms with Crippen LogP contribution in [0.25, 0.3) is 22.3 Å². The number of nitrogens with zero attached hydrogens (tertiary/aromatic N) is 3. The maximum absolute atomic E-state index is 14.0. The summed E-state index contributed by atoms with van der Waals surface area (Å²) in [7, 11) is 1.48. The molecule has 0 radical (unpaired) electrons. The highest BCUT2D eigenvalue weighted by Gasteiger charge is 2.27. The van der Waals surface area contributed by atoms with E-state index in [0.29, 0.717) is 35.2 Å². The minimum Gasteiger partial charge on any atom is -0.504 e. The molecule has 0 atom stereocenters. The molecule has 8 heteroatoms. The van der Waals surface area contributed by atoms with Crippen LogP contribution in [0.2, 0.25) is 0 Å². The Labute approximate surface area is 188 Å². The maximum Gasteiger partial charge on any atom is 0.273 e. The summed E-state index contributed by atoms with van der Waals surface area (Å²) in [6.45, 7) is 0.609. The molecule has 33 heavy (non-hydrogen) atoms. The molecule has 1 aliphatic rings. The zero-order valence-electron chi connectivity index (χ0n) is 17.7. The predicted molar refractivity (Wildman–Crippen MR) is 118 cm³/mol. The van der Waals surface area contributed by atoms with Gasteiger partial charge in [0, 0.05) is 29.6 Å². The SMILES string of the molecule is COc1ccc2c(c1O)CCN(C(=O)c1nc(-c3ccc(F)cc3)nc3ccc(F)cc13)C2. The fourth-order valence-corrected chi connectivity index (χ4v) is 4.09. The molecule has 1 aliphatic heterocycles. The van der Waals surface area contributed by atoms with Gasteiger partial charge in [0.25, 0.3) is 5.91 Å². The number of carbonyl (C=O) groups is 1. The molecule has 0 saturated carbocycles. The molecule has 0 aliphatic carbocycles. The Morgan fingerprint density at radius 3 is 2.55 bits per heavy atom. The summed E-state index contributed by atoms with van der Waals surface area (Å²) in [6.07, 6.45) is 0.437. The molecule has 0 fully saturated rings. The van der Waals surface area contributed by atoms with Crippen LogP contribution in [0.4, 0.5) is 8.78 Å². The number of aromatic hydroxyl groups is 1. The van der Waals surface area contributed by atoms with E-state index in [2.05, 4.69) is 9.97 Å². The normalized spacial score (nSPS) is 13.1. The van der Waals surface area contributed by atoms with Crippen LogP contribution in [0.5, 0.6) is 11.5 Å². The number of fused-ring (bicyclic) bond motifs is 2. The summed E-state index contributed by atoms with van der Waals surface area (Å²) < 4.78 is 32.6. The van der Waals surface area contributed by atoms with Crippen molar-refractivity contribution in [2.75, 3.05) is 13.7 Å². The molecular formula is C25H19F2N3O3. The standard InChI is InChI=1S/C25H19F2N3O3/c1-33-21-9-4-15-13-30(11-10-18(15)23(21)31)25(32)22-19-12-17(27)7-8-20(19)28-24(29-22)14-2-5-16(26)6-3-14/h2-9,12,31H,10-11,13H2,1H3. The van der Waals surface area contributed by atoms with Gasteiger partial charge in [-0.05, 0) is 60.5 Å². The molecule has 5 rings (SSSR count). The van der Waals surface area contributed by atoms with Gasteiger partial charge in [0.05, 0.1) is 12.6 Å². The van der Waals surface area contributed by atoms with Crippen molar-refractivity contribution in [3.05, 3.63) is 83.1 Å². The number of carbonyl (C=O) groups excluding carboxylic acids is 1. The summed E-state index contributed by atoms with van der Waals surface area (Å²) in [5, 5.41) is 10.7. The van der Waals surface area contributed by atoms with Crippen molar-refractivity contribution in [3.63, 3.8) is 0 Å². The molecule has 1 amide bonds. The van der Waals surface area contributed by atoms with Crippen molar-refractivity contribution in [1.82, 2.24) is 14.9 Å². The number of hydrogen-bond acceptors (Lipinski definition) is 5. The quantitative estimate of drug-likeness (QED) is 0.501. The third kappa shape index (κ3) is 3.73. The molecule has 2 heterocycles. The lowest BCUT2D eigenvalue weighted by Gasteiger charge is -2.29. The van der Waals surface area contributed by atoms with Gasteiger partial charge in [-0.2, -0.15) is 0 Å². The highest BCUT2D eigenvalue weighted by atomic mass is 19.1. The fourth-order valence-electron chi connectivity index (χ4n) is 4.09. The van der Waals surface area contributed by atoms with Crippen molar-refractivity contribution in [3.8, 4) is 22.9 Å². The van der Waals surface area contributed by atoms with Crippen molar-refractivity contribution in [2.45, 2.75) is 13.0 Å². The lowest BCUT2D eigenvalue weighted by atomic mass is 9.97. The minimum atomic E-state index is -0.504. The highest BCUT2D eigenvalue weighted by Crippen LogP contribution is 2.36. The zero-order chi connectivity index (χ0) is 23.1. The Bertz CT molecular complexity index is 1390. The molecule has 0 spiro atoms. The second kappa shape index (κ2) is 8.12. The summed E-state index contributed by atoms with van der Waals surface area (Å²) >= 11 is 0. The third-order valence-electron chi connectivity index (χ3n) is 5.81. The lowest BCUT2D eigenvalue weighted by molar-refractivity contribution is 0.0730. The second-order valence-corrected chi connectivity index (χ2v) is 7.79. The van der Waals surface area contributed by atoms with E-state index in [9.17, 15) is 18.7 Å². The van der Waals surface area contributed by atoms with E-state index in [4.69, 9.17) is 4.74 Å². The zero-order valence-corrected chi connectivity index (χ0v) is 17.7. The van der Waals surface area contributed by atoms with E-state index in [1.807, 2.05) is 6.07 Å². The van der Waals surface area contributed by atoms with Crippen LogP contribution in [0.3, 0.4) is 0 Å². The number of methoxy groups -OCH3 is 1. The summed E-state index contributed by atoms with van der Waals surface area (Å²) in [5.41, 5.74) is 2.56. The van der Waals surface area contributed by atoms with Gasteiger partial charge in [-0.15, -0.1) is 0 Å². The van der Waals surface area contributed by atoms with Gasteiger partial charge in [0.1, 0.15) is 17.3 Å².